The molecule has 0 saturated heterocycles. The van der Waals surface area contributed by atoms with E-state index in [4.69, 9.17) is 5.11 Å². The Hall–Kier alpha value is -0.560. The second kappa shape index (κ2) is 7.13. The highest BCUT2D eigenvalue weighted by Crippen LogP contribution is 2.15. The molecule has 0 aliphatic carbocycles. The molecule has 1 aromatic carbocycles. The van der Waals surface area contributed by atoms with Gasteiger partial charge in [-0.1, -0.05) is 6.07 Å². The van der Waals surface area contributed by atoms with E-state index in [-0.39, 0.29) is 11.5 Å². The molecule has 4 nitrogen and oxygen atoms in total. The quantitative estimate of drug-likeness (QED) is 0.747. The summed E-state index contributed by atoms with van der Waals surface area (Å²) in [7, 11) is -3.46. The van der Waals surface area contributed by atoms with Gasteiger partial charge >= 0.3 is 0 Å². The maximum absolute atomic E-state index is 12.0. The number of rotatable bonds is 7. The molecule has 0 aliphatic rings. The van der Waals surface area contributed by atoms with E-state index >= 15 is 0 Å². The number of aliphatic hydroxyl groups excluding tert-OH is 1. The van der Waals surface area contributed by atoms with Crippen LogP contribution in [0, 0.1) is 6.92 Å². The van der Waals surface area contributed by atoms with Crippen LogP contribution in [0.4, 0.5) is 0 Å². The van der Waals surface area contributed by atoms with Gasteiger partial charge in [0.2, 0.25) is 10.0 Å². The second-order valence-electron chi connectivity index (χ2n) is 3.99. The first-order chi connectivity index (χ1) is 8.51. The van der Waals surface area contributed by atoms with Crippen LogP contribution in [0.5, 0.6) is 0 Å². The smallest absolute Gasteiger partial charge is 0.240 e. The van der Waals surface area contributed by atoms with E-state index in [1.807, 2.05) is 13.2 Å². The van der Waals surface area contributed by atoms with Gasteiger partial charge in [0.15, 0.2) is 0 Å². The molecule has 18 heavy (non-hydrogen) atoms. The lowest BCUT2D eigenvalue weighted by Gasteiger charge is -2.09. The first-order valence-corrected chi connectivity index (χ1v) is 8.58. The third kappa shape index (κ3) is 4.28. The number of hydrogen-bond acceptors (Lipinski definition) is 4. The molecule has 0 atom stereocenters. The maximum atomic E-state index is 12.0. The van der Waals surface area contributed by atoms with E-state index in [0.717, 1.165) is 17.7 Å². The molecule has 0 unspecified atom stereocenters. The molecular formula is C12H19NO3S2. The predicted octanol–water partition coefficient (Wildman–Crippen LogP) is 1.52. The molecule has 0 fully saturated rings. The molecule has 0 bridgehead atoms. The second-order valence-corrected chi connectivity index (χ2v) is 6.74. The van der Waals surface area contributed by atoms with Gasteiger partial charge in [-0.25, -0.2) is 13.1 Å². The summed E-state index contributed by atoms with van der Waals surface area (Å²) >= 11 is 1.69. The lowest BCUT2D eigenvalue weighted by Crippen LogP contribution is -2.25. The molecule has 0 aliphatic heterocycles. The highest BCUT2D eigenvalue weighted by molar-refractivity contribution is 7.98. The van der Waals surface area contributed by atoms with Crippen LogP contribution in [0.25, 0.3) is 0 Å². The summed E-state index contributed by atoms with van der Waals surface area (Å²) < 4.78 is 26.5. The number of nitrogens with one attached hydrogen (secondary N) is 1. The van der Waals surface area contributed by atoms with Crippen molar-refractivity contribution >= 4 is 21.8 Å². The molecule has 0 saturated carbocycles. The molecule has 0 amide bonds. The van der Waals surface area contributed by atoms with Crippen LogP contribution in [0.2, 0.25) is 0 Å². The summed E-state index contributed by atoms with van der Waals surface area (Å²) in [6, 6.07) is 4.79. The van der Waals surface area contributed by atoms with Gasteiger partial charge in [0, 0.05) is 6.54 Å². The fraction of sp³-hybridized carbons (Fsp3) is 0.500. The minimum absolute atomic E-state index is 0.151. The minimum Gasteiger partial charge on any atom is -0.392 e. The van der Waals surface area contributed by atoms with Crippen molar-refractivity contribution in [2.24, 2.45) is 0 Å². The molecule has 1 aromatic rings. The van der Waals surface area contributed by atoms with Gasteiger partial charge in [-0.3, -0.25) is 0 Å². The van der Waals surface area contributed by atoms with Crippen LogP contribution in [0.3, 0.4) is 0 Å². The van der Waals surface area contributed by atoms with Gasteiger partial charge in [0.05, 0.1) is 11.5 Å². The van der Waals surface area contributed by atoms with Crippen molar-refractivity contribution in [2.75, 3.05) is 18.6 Å². The van der Waals surface area contributed by atoms with Crippen LogP contribution >= 0.6 is 11.8 Å². The third-order valence-corrected chi connectivity index (χ3v) is 4.77. The molecule has 0 heterocycles. The van der Waals surface area contributed by atoms with E-state index in [9.17, 15) is 8.42 Å². The topological polar surface area (TPSA) is 66.4 Å². The summed E-state index contributed by atoms with van der Waals surface area (Å²) in [5.74, 6) is 0.929. The fourth-order valence-electron chi connectivity index (χ4n) is 1.49. The van der Waals surface area contributed by atoms with Crippen molar-refractivity contribution in [2.45, 2.75) is 24.8 Å². The summed E-state index contributed by atoms with van der Waals surface area (Å²) in [6.45, 7) is 2.13. The van der Waals surface area contributed by atoms with Gasteiger partial charge in [-0.2, -0.15) is 11.8 Å². The van der Waals surface area contributed by atoms with Gasteiger partial charge in [-0.05, 0) is 48.6 Å². The van der Waals surface area contributed by atoms with E-state index < -0.39 is 10.0 Å². The zero-order valence-corrected chi connectivity index (χ0v) is 12.3. The van der Waals surface area contributed by atoms with Crippen molar-refractivity contribution in [3.8, 4) is 0 Å². The lowest BCUT2D eigenvalue weighted by atomic mass is 10.1. The molecule has 1 rings (SSSR count). The zero-order chi connectivity index (χ0) is 13.6. The average Bonchev–Trinajstić information content (AvgIpc) is 2.35. The molecule has 0 spiro atoms. The van der Waals surface area contributed by atoms with E-state index in [1.165, 1.54) is 6.07 Å². The highest BCUT2D eigenvalue weighted by atomic mass is 32.2. The third-order valence-electron chi connectivity index (χ3n) is 2.62. The molecular weight excluding hydrogens is 270 g/mol. The SMILES string of the molecule is CSCCCNS(=O)(=O)c1ccc(C)c(CO)c1. The van der Waals surface area contributed by atoms with Crippen molar-refractivity contribution in [1.82, 2.24) is 4.72 Å². The summed E-state index contributed by atoms with van der Waals surface area (Å²) in [5.41, 5.74) is 1.53. The largest absolute Gasteiger partial charge is 0.392 e. The Bertz CT molecular complexity index is 486. The molecule has 102 valence electrons. The molecule has 0 radical (unpaired) electrons. The number of aryl methyl sites for hydroxylation is 1. The number of aliphatic hydroxyl groups is 1. The first-order valence-electron chi connectivity index (χ1n) is 5.70. The van der Waals surface area contributed by atoms with Crippen LogP contribution in [-0.4, -0.2) is 32.1 Å². The Morgan fingerprint density at radius 3 is 2.72 bits per heavy atom. The Balaban J connectivity index is 2.78. The Kier molecular flexibility index (Phi) is 6.14. The van der Waals surface area contributed by atoms with Crippen LogP contribution in [-0.2, 0) is 16.6 Å². The van der Waals surface area contributed by atoms with Gasteiger partial charge in [0.25, 0.3) is 0 Å². The average molecular weight is 289 g/mol. The Labute approximate surface area is 113 Å². The van der Waals surface area contributed by atoms with E-state index in [2.05, 4.69) is 4.72 Å². The first kappa shape index (κ1) is 15.5. The van der Waals surface area contributed by atoms with Crippen molar-refractivity contribution in [3.05, 3.63) is 29.3 Å². The van der Waals surface area contributed by atoms with Crippen LogP contribution in [0.1, 0.15) is 17.5 Å². The fourth-order valence-corrected chi connectivity index (χ4v) is 3.05. The molecule has 0 aromatic heterocycles. The number of thioether (sulfide) groups is 1. The maximum Gasteiger partial charge on any atom is 0.240 e. The summed E-state index contributed by atoms with van der Waals surface area (Å²) in [4.78, 5) is 0.210. The summed E-state index contributed by atoms with van der Waals surface area (Å²) in [6.07, 6.45) is 2.79. The van der Waals surface area contributed by atoms with Gasteiger partial charge < -0.3 is 5.11 Å². The monoisotopic (exact) mass is 289 g/mol. The van der Waals surface area contributed by atoms with E-state index in [0.29, 0.717) is 12.1 Å². The van der Waals surface area contributed by atoms with Crippen molar-refractivity contribution < 1.29 is 13.5 Å². The normalized spacial score (nSPS) is 11.7. The number of benzene rings is 1. The van der Waals surface area contributed by atoms with Crippen LogP contribution < -0.4 is 4.72 Å². The van der Waals surface area contributed by atoms with Crippen molar-refractivity contribution in [1.29, 1.82) is 0 Å². The lowest BCUT2D eigenvalue weighted by molar-refractivity contribution is 0.280. The number of sulfonamides is 1. The zero-order valence-electron chi connectivity index (χ0n) is 10.6. The van der Waals surface area contributed by atoms with Gasteiger partial charge in [0.1, 0.15) is 0 Å². The molecule has 6 heteroatoms. The minimum atomic E-state index is -3.46. The Morgan fingerprint density at radius 2 is 2.11 bits per heavy atom. The van der Waals surface area contributed by atoms with Gasteiger partial charge in [-0.15, -0.1) is 0 Å². The van der Waals surface area contributed by atoms with E-state index in [1.54, 1.807) is 23.9 Å². The van der Waals surface area contributed by atoms with Crippen molar-refractivity contribution in [3.63, 3.8) is 0 Å². The van der Waals surface area contributed by atoms with Crippen LogP contribution in [0.15, 0.2) is 23.1 Å². The highest BCUT2D eigenvalue weighted by Gasteiger charge is 2.14. The predicted molar refractivity (Wildman–Crippen MR) is 75.3 cm³/mol. The number of hydrogen-bond donors (Lipinski definition) is 2. The summed E-state index contributed by atoms with van der Waals surface area (Å²) in [5, 5.41) is 9.14. The standard InChI is InChI=1S/C12H19NO3S2/c1-10-4-5-12(8-11(10)9-14)18(15,16)13-6-3-7-17-2/h4-5,8,13-14H,3,6-7,9H2,1-2H3. The molecule has 2 N–H and O–H groups in total. The Morgan fingerprint density at radius 1 is 1.39 bits per heavy atom.